The third-order valence-corrected chi connectivity index (χ3v) is 8.86. The molecule has 0 spiro atoms. The Hall–Kier alpha value is -5.41. The molecule has 5 heterocycles. The normalized spacial score (nSPS) is 15.0. The number of rotatable bonds is 7. The van der Waals surface area contributed by atoms with Crippen LogP contribution in [0.4, 0.5) is 5.95 Å². The quantitative estimate of drug-likeness (QED) is 0.265. The lowest BCUT2D eigenvalue weighted by Gasteiger charge is -2.34. The van der Waals surface area contributed by atoms with Gasteiger partial charge in [0.05, 0.1) is 30.7 Å². The predicted octanol–water partition coefficient (Wildman–Crippen LogP) is 3.23. The molecule has 0 radical (unpaired) electrons. The highest BCUT2D eigenvalue weighted by Gasteiger charge is 2.27. The number of hydrogen-bond donors (Lipinski definition) is 1. The van der Waals surface area contributed by atoms with E-state index in [1.165, 1.54) is 9.13 Å². The van der Waals surface area contributed by atoms with Gasteiger partial charge in [-0.15, -0.1) is 5.92 Å². The number of hydrogen-bond acceptors (Lipinski definition) is 9. The number of imidazole rings is 1. The van der Waals surface area contributed by atoms with Crippen molar-refractivity contribution < 1.29 is 0 Å². The van der Waals surface area contributed by atoms with Gasteiger partial charge in [0.15, 0.2) is 11.2 Å². The van der Waals surface area contributed by atoms with E-state index in [-0.39, 0.29) is 19.1 Å². The minimum absolute atomic E-state index is 0.0564. The van der Waals surface area contributed by atoms with Gasteiger partial charge in [-0.1, -0.05) is 42.3 Å². The van der Waals surface area contributed by atoms with Gasteiger partial charge < -0.3 is 10.2 Å². The number of nitrogens with one attached hydrogen (secondary N) is 1. The topological polar surface area (TPSA) is 129 Å². The van der Waals surface area contributed by atoms with E-state index >= 15 is 0 Å². The lowest BCUT2D eigenvalue weighted by molar-refractivity contribution is 0.412. The Morgan fingerprint density at radius 3 is 2.23 bits per heavy atom. The molecule has 1 N–H and O–H groups in total. The van der Waals surface area contributed by atoms with Crippen molar-refractivity contribution in [3.8, 4) is 11.8 Å². The monoisotopic (exact) mass is 628 g/mol. The number of piperidine rings is 1. The average Bonchev–Trinajstić information content (AvgIpc) is 3.47. The summed E-state index contributed by atoms with van der Waals surface area (Å²) in [6.45, 7) is 7.86. The SMILES string of the molecule is CC#CCn1c(N2CCC[C@@H](NCc3nc(C)c4ccccc4n3)C2)nc2c1c(=O)n(Cc1nc(C)c3ccccc3n1)c(=O)n2C. The maximum atomic E-state index is 14.1. The molecule has 47 heavy (non-hydrogen) atoms. The van der Waals surface area contributed by atoms with Crippen LogP contribution in [0.25, 0.3) is 33.0 Å². The molecule has 1 aliphatic rings. The molecule has 1 atom stereocenters. The van der Waals surface area contributed by atoms with Crippen LogP contribution in [0.3, 0.4) is 0 Å². The van der Waals surface area contributed by atoms with E-state index in [9.17, 15) is 9.59 Å². The molecule has 0 unspecified atom stereocenters. The Labute approximate surface area is 271 Å². The van der Waals surface area contributed by atoms with E-state index in [4.69, 9.17) is 15.0 Å². The highest BCUT2D eigenvalue weighted by atomic mass is 16.2. The molecule has 6 aromatic rings. The van der Waals surface area contributed by atoms with Crippen LogP contribution < -0.4 is 21.5 Å². The Bertz CT molecular complexity index is 2340. The molecule has 4 aromatic heterocycles. The Kier molecular flexibility index (Phi) is 7.99. The maximum absolute atomic E-state index is 14.1. The molecule has 1 saturated heterocycles. The van der Waals surface area contributed by atoms with Crippen LogP contribution in [0.15, 0.2) is 58.1 Å². The molecule has 238 valence electrons. The van der Waals surface area contributed by atoms with Crippen molar-refractivity contribution in [2.75, 3.05) is 18.0 Å². The summed E-state index contributed by atoms with van der Waals surface area (Å²) in [6.07, 6.45) is 1.91. The Balaban J connectivity index is 1.21. The van der Waals surface area contributed by atoms with Gasteiger partial charge in [-0.2, -0.15) is 4.98 Å². The molecule has 0 amide bonds. The second-order valence-corrected chi connectivity index (χ2v) is 12.0. The Morgan fingerprint density at radius 1 is 0.872 bits per heavy atom. The zero-order valence-electron chi connectivity index (χ0n) is 27.0. The van der Waals surface area contributed by atoms with Crippen LogP contribution >= 0.6 is 0 Å². The van der Waals surface area contributed by atoms with E-state index in [1.54, 1.807) is 14.0 Å². The zero-order chi connectivity index (χ0) is 32.7. The van der Waals surface area contributed by atoms with Crippen molar-refractivity contribution in [2.45, 2.75) is 59.3 Å². The van der Waals surface area contributed by atoms with Crippen molar-refractivity contribution >= 4 is 38.9 Å². The zero-order valence-corrected chi connectivity index (χ0v) is 27.0. The summed E-state index contributed by atoms with van der Waals surface area (Å²) < 4.78 is 4.47. The molecule has 0 saturated carbocycles. The van der Waals surface area contributed by atoms with E-state index in [0.29, 0.717) is 36.0 Å². The first-order valence-electron chi connectivity index (χ1n) is 15.8. The van der Waals surface area contributed by atoms with Crippen molar-refractivity contribution in [2.24, 2.45) is 7.05 Å². The second-order valence-electron chi connectivity index (χ2n) is 12.0. The fourth-order valence-electron chi connectivity index (χ4n) is 6.49. The van der Waals surface area contributed by atoms with Gasteiger partial charge in [0.2, 0.25) is 5.95 Å². The molecule has 12 heteroatoms. The van der Waals surface area contributed by atoms with Gasteiger partial charge >= 0.3 is 5.69 Å². The number of para-hydroxylation sites is 2. The fourth-order valence-corrected chi connectivity index (χ4v) is 6.49. The van der Waals surface area contributed by atoms with E-state index < -0.39 is 11.2 Å². The number of nitrogens with zero attached hydrogens (tertiary/aromatic N) is 9. The van der Waals surface area contributed by atoms with Crippen molar-refractivity contribution in [3.05, 3.63) is 92.4 Å². The third-order valence-electron chi connectivity index (χ3n) is 8.86. The number of aryl methyl sites for hydroxylation is 3. The van der Waals surface area contributed by atoms with Gasteiger partial charge in [-0.25, -0.2) is 24.7 Å². The van der Waals surface area contributed by atoms with Crippen LogP contribution in [0.5, 0.6) is 0 Å². The summed E-state index contributed by atoms with van der Waals surface area (Å²) in [5.74, 6) is 7.83. The highest BCUT2D eigenvalue weighted by molar-refractivity contribution is 5.81. The van der Waals surface area contributed by atoms with Gasteiger partial charge in [0.25, 0.3) is 5.56 Å². The standard InChI is InChI=1S/C35H36N10O2/c1-5-6-18-44-31-32(42(4)35(47)45(33(31)46)21-30-38-23(3)26-14-8-10-16-28(26)40-30)41-34(44)43-17-11-12-24(20-43)36-19-29-37-22(2)25-13-7-9-15-27(25)39-29/h7-10,13-16,24,36H,11-12,17-21H2,1-4H3/t24-/m1/s1. The molecule has 1 fully saturated rings. The molecule has 12 nitrogen and oxygen atoms in total. The fraction of sp³-hybridized carbons (Fsp3) is 0.343. The minimum Gasteiger partial charge on any atom is -0.341 e. The molecule has 0 bridgehead atoms. The molecular formula is C35H36N10O2. The summed E-state index contributed by atoms with van der Waals surface area (Å²) in [5, 5.41) is 5.64. The predicted molar refractivity (Wildman–Crippen MR) is 182 cm³/mol. The smallest absolute Gasteiger partial charge is 0.332 e. The maximum Gasteiger partial charge on any atom is 0.332 e. The summed E-state index contributed by atoms with van der Waals surface area (Å²) in [5.41, 5.74) is 3.20. The molecule has 7 rings (SSSR count). The van der Waals surface area contributed by atoms with Crippen LogP contribution in [-0.4, -0.2) is 57.8 Å². The number of benzene rings is 2. The van der Waals surface area contributed by atoms with Crippen LogP contribution in [0.1, 0.15) is 42.8 Å². The molecular weight excluding hydrogens is 592 g/mol. The van der Waals surface area contributed by atoms with Crippen LogP contribution in [-0.2, 0) is 26.7 Å². The van der Waals surface area contributed by atoms with Crippen molar-refractivity contribution in [1.29, 1.82) is 0 Å². The van der Waals surface area contributed by atoms with Crippen molar-refractivity contribution in [3.63, 3.8) is 0 Å². The summed E-state index contributed by atoms with van der Waals surface area (Å²) in [4.78, 5) is 53.6. The molecule has 2 aromatic carbocycles. The summed E-state index contributed by atoms with van der Waals surface area (Å²) in [7, 11) is 1.64. The van der Waals surface area contributed by atoms with Crippen LogP contribution in [0.2, 0.25) is 0 Å². The second kappa shape index (κ2) is 12.4. The number of anilines is 1. The average molecular weight is 629 g/mol. The largest absolute Gasteiger partial charge is 0.341 e. The van der Waals surface area contributed by atoms with Gasteiger partial charge in [0, 0.05) is 48.3 Å². The molecule has 0 aliphatic carbocycles. The van der Waals surface area contributed by atoms with Crippen molar-refractivity contribution in [1.82, 2.24) is 43.9 Å². The first-order valence-corrected chi connectivity index (χ1v) is 15.8. The van der Waals surface area contributed by atoms with E-state index in [2.05, 4.69) is 32.0 Å². The van der Waals surface area contributed by atoms with E-state index in [1.807, 2.05) is 66.9 Å². The first kappa shape index (κ1) is 30.3. The first-order chi connectivity index (χ1) is 22.8. The van der Waals surface area contributed by atoms with Gasteiger partial charge in [-0.3, -0.25) is 18.5 Å². The summed E-state index contributed by atoms with van der Waals surface area (Å²) in [6, 6.07) is 15.9. The number of aromatic nitrogens is 8. The lowest BCUT2D eigenvalue weighted by atomic mass is 10.1. The number of fused-ring (bicyclic) bond motifs is 3. The lowest BCUT2D eigenvalue weighted by Crippen LogP contribution is -2.46. The highest BCUT2D eigenvalue weighted by Crippen LogP contribution is 2.24. The van der Waals surface area contributed by atoms with Gasteiger partial charge in [-0.05, 0) is 45.7 Å². The van der Waals surface area contributed by atoms with E-state index in [0.717, 1.165) is 58.4 Å². The third kappa shape index (κ3) is 5.63. The minimum atomic E-state index is -0.474. The van der Waals surface area contributed by atoms with Gasteiger partial charge in [0.1, 0.15) is 11.6 Å². The Morgan fingerprint density at radius 2 is 1.53 bits per heavy atom. The van der Waals surface area contributed by atoms with Crippen LogP contribution in [0, 0.1) is 25.7 Å². The molecule has 1 aliphatic heterocycles. The summed E-state index contributed by atoms with van der Waals surface area (Å²) >= 11 is 0.